The van der Waals surface area contributed by atoms with E-state index in [-0.39, 0.29) is 30.2 Å². The number of furan rings is 1. The zero-order valence-corrected chi connectivity index (χ0v) is 11.6. The molecule has 0 saturated heterocycles. The van der Waals surface area contributed by atoms with Crippen molar-refractivity contribution in [3.05, 3.63) is 22.6 Å². The quantitative estimate of drug-likeness (QED) is 0.919. The summed E-state index contributed by atoms with van der Waals surface area (Å²) in [7, 11) is 1.55. The molecule has 2 amide bonds. The Labute approximate surface area is 108 Å². The molecule has 1 heterocycles. The van der Waals surface area contributed by atoms with Gasteiger partial charge in [-0.2, -0.15) is 0 Å². The van der Waals surface area contributed by atoms with Crippen molar-refractivity contribution in [3.63, 3.8) is 0 Å². The highest BCUT2D eigenvalue weighted by atomic mass is 79.9. The summed E-state index contributed by atoms with van der Waals surface area (Å²) in [4.78, 5) is 24.6. The van der Waals surface area contributed by atoms with Crippen LogP contribution >= 0.6 is 15.9 Å². The first-order valence-electron chi connectivity index (χ1n) is 5.20. The number of nitrogens with one attached hydrogen (secondary N) is 1. The topological polar surface area (TPSA) is 62.6 Å². The van der Waals surface area contributed by atoms with Gasteiger partial charge in [0.2, 0.25) is 5.91 Å². The van der Waals surface area contributed by atoms with E-state index in [0.29, 0.717) is 4.67 Å². The lowest BCUT2D eigenvalue weighted by Crippen LogP contribution is -2.40. The summed E-state index contributed by atoms with van der Waals surface area (Å²) < 4.78 is 5.61. The number of likely N-dealkylation sites (N-methyl/N-ethyl adjacent to an activating group) is 1. The smallest absolute Gasteiger partial charge is 0.289 e. The van der Waals surface area contributed by atoms with E-state index in [1.54, 1.807) is 19.2 Å². The molecular weight excluding hydrogens is 288 g/mol. The monoisotopic (exact) mass is 302 g/mol. The van der Waals surface area contributed by atoms with Gasteiger partial charge in [-0.25, -0.2) is 0 Å². The van der Waals surface area contributed by atoms with Crippen LogP contribution in [0.15, 0.2) is 21.2 Å². The Balaban J connectivity index is 2.56. The van der Waals surface area contributed by atoms with Gasteiger partial charge in [0.15, 0.2) is 10.4 Å². The molecule has 17 heavy (non-hydrogen) atoms. The van der Waals surface area contributed by atoms with Crippen LogP contribution in [0.4, 0.5) is 0 Å². The second kappa shape index (κ2) is 5.86. The number of amides is 2. The van der Waals surface area contributed by atoms with E-state index >= 15 is 0 Å². The summed E-state index contributed by atoms with van der Waals surface area (Å²) in [6, 6.07) is 3.25. The third kappa shape index (κ3) is 4.22. The lowest BCUT2D eigenvalue weighted by molar-refractivity contribution is -0.122. The fourth-order valence-corrected chi connectivity index (χ4v) is 1.58. The third-order valence-corrected chi connectivity index (χ3v) is 2.39. The zero-order chi connectivity index (χ0) is 13.0. The lowest BCUT2D eigenvalue weighted by atomic mass is 10.3. The Bertz CT molecular complexity index is 415. The van der Waals surface area contributed by atoms with Crippen molar-refractivity contribution in [3.8, 4) is 0 Å². The molecule has 94 valence electrons. The molecule has 0 saturated carbocycles. The van der Waals surface area contributed by atoms with E-state index in [2.05, 4.69) is 21.2 Å². The number of nitrogens with zero attached hydrogens (tertiary/aromatic N) is 1. The summed E-state index contributed by atoms with van der Waals surface area (Å²) in [5.74, 6) is -0.312. The average Bonchev–Trinajstić information content (AvgIpc) is 2.62. The SMILES string of the molecule is CC(C)NC(=O)CN(C)C(=O)c1ccc(Br)o1. The molecule has 1 aromatic rings. The predicted octanol–water partition coefficient (Wildman–Crippen LogP) is 1.64. The van der Waals surface area contributed by atoms with Crippen LogP contribution in [0.2, 0.25) is 0 Å². The maximum absolute atomic E-state index is 11.8. The average molecular weight is 303 g/mol. The number of halogens is 1. The minimum Gasteiger partial charge on any atom is -0.444 e. The molecule has 0 bridgehead atoms. The molecular formula is C11H15BrN2O3. The molecule has 0 atom stereocenters. The molecule has 0 fully saturated rings. The van der Waals surface area contributed by atoms with Gasteiger partial charge in [-0.05, 0) is 41.9 Å². The Morgan fingerprint density at radius 1 is 1.47 bits per heavy atom. The zero-order valence-electron chi connectivity index (χ0n) is 9.99. The highest BCUT2D eigenvalue weighted by Gasteiger charge is 2.18. The van der Waals surface area contributed by atoms with Crippen LogP contribution in [0.5, 0.6) is 0 Å². The van der Waals surface area contributed by atoms with Crippen molar-refractivity contribution in [2.75, 3.05) is 13.6 Å². The van der Waals surface area contributed by atoms with Gasteiger partial charge >= 0.3 is 0 Å². The molecule has 1 aromatic heterocycles. The van der Waals surface area contributed by atoms with E-state index in [0.717, 1.165) is 0 Å². The van der Waals surface area contributed by atoms with Gasteiger partial charge in [0.25, 0.3) is 5.91 Å². The third-order valence-electron chi connectivity index (χ3n) is 1.96. The van der Waals surface area contributed by atoms with Crippen molar-refractivity contribution in [1.82, 2.24) is 10.2 Å². The molecule has 0 spiro atoms. The van der Waals surface area contributed by atoms with Crippen LogP contribution in [-0.2, 0) is 4.79 Å². The number of rotatable bonds is 4. The van der Waals surface area contributed by atoms with E-state index in [1.165, 1.54) is 4.90 Å². The normalized spacial score (nSPS) is 10.4. The molecule has 0 aromatic carbocycles. The minimum atomic E-state index is -0.324. The number of carbonyl (C=O) groups excluding carboxylic acids is 2. The van der Waals surface area contributed by atoms with E-state index in [1.807, 2.05) is 13.8 Å². The second-order valence-electron chi connectivity index (χ2n) is 3.99. The van der Waals surface area contributed by atoms with Crippen molar-refractivity contribution >= 4 is 27.7 Å². The van der Waals surface area contributed by atoms with Crippen LogP contribution in [0.25, 0.3) is 0 Å². The van der Waals surface area contributed by atoms with Crippen molar-refractivity contribution in [2.24, 2.45) is 0 Å². The van der Waals surface area contributed by atoms with Crippen molar-refractivity contribution in [1.29, 1.82) is 0 Å². The number of carbonyl (C=O) groups is 2. The molecule has 0 unspecified atom stereocenters. The second-order valence-corrected chi connectivity index (χ2v) is 4.77. The lowest BCUT2D eigenvalue weighted by Gasteiger charge is -2.16. The van der Waals surface area contributed by atoms with Gasteiger partial charge in [0, 0.05) is 13.1 Å². The van der Waals surface area contributed by atoms with Gasteiger partial charge in [0.05, 0.1) is 6.54 Å². The number of hydrogen-bond acceptors (Lipinski definition) is 3. The van der Waals surface area contributed by atoms with Gasteiger partial charge in [-0.15, -0.1) is 0 Å². The first-order valence-corrected chi connectivity index (χ1v) is 5.99. The van der Waals surface area contributed by atoms with Crippen LogP contribution in [0.3, 0.4) is 0 Å². The molecule has 0 aliphatic rings. The Kier molecular flexibility index (Phi) is 4.74. The van der Waals surface area contributed by atoms with E-state index < -0.39 is 0 Å². The molecule has 0 aliphatic heterocycles. The van der Waals surface area contributed by atoms with Crippen LogP contribution < -0.4 is 5.32 Å². The summed E-state index contributed by atoms with van der Waals surface area (Å²) in [6.07, 6.45) is 0. The standard InChI is InChI=1S/C11H15BrN2O3/c1-7(2)13-10(15)6-14(3)11(16)8-4-5-9(12)17-8/h4-5,7H,6H2,1-3H3,(H,13,15). The Morgan fingerprint density at radius 3 is 2.59 bits per heavy atom. The highest BCUT2D eigenvalue weighted by Crippen LogP contribution is 2.15. The first-order chi connectivity index (χ1) is 7.90. The summed E-state index contributed by atoms with van der Waals surface area (Å²) in [5, 5.41) is 2.71. The van der Waals surface area contributed by atoms with Gasteiger partial charge in [-0.1, -0.05) is 0 Å². The van der Waals surface area contributed by atoms with Crippen molar-refractivity contribution < 1.29 is 14.0 Å². The van der Waals surface area contributed by atoms with Gasteiger partial charge in [-0.3, -0.25) is 9.59 Å². The molecule has 6 heteroatoms. The maximum Gasteiger partial charge on any atom is 0.289 e. The predicted molar refractivity (Wildman–Crippen MR) is 66.6 cm³/mol. The van der Waals surface area contributed by atoms with Gasteiger partial charge in [0.1, 0.15) is 0 Å². The molecule has 0 radical (unpaired) electrons. The largest absolute Gasteiger partial charge is 0.444 e. The van der Waals surface area contributed by atoms with Crippen LogP contribution in [0, 0.1) is 0 Å². The van der Waals surface area contributed by atoms with E-state index in [4.69, 9.17) is 4.42 Å². The van der Waals surface area contributed by atoms with Crippen LogP contribution in [0.1, 0.15) is 24.4 Å². The maximum atomic E-state index is 11.8. The Hall–Kier alpha value is -1.30. The first kappa shape index (κ1) is 13.8. The number of hydrogen-bond donors (Lipinski definition) is 1. The molecule has 1 N–H and O–H groups in total. The van der Waals surface area contributed by atoms with Crippen molar-refractivity contribution in [2.45, 2.75) is 19.9 Å². The fraction of sp³-hybridized carbons (Fsp3) is 0.455. The van der Waals surface area contributed by atoms with E-state index in [9.17, 15) is 9.59 Å². The summed E-state index contributed by atoms with van der Waals surface area (Å²) in [5.41, 5.74) is 0. The Morgan fingerprint density at radius 2 is 2.12 bits per heavy atom. The molecule has 1 rings (SSSR count). The minimum absolute atomic E-state index is 0.00926. The fourth-order valence-electron chi connectivity index (χ4n) is 1.27. The highest BCUT2D eigenvalue weighted by molar-refractivity contribution is 9.10. The summed E-state index contributed by atoms with van der Waals surface area (Å²) >= 11 is 3.12. The molecule has 5 nitrogen and oxygen atoms in total. The van der Waals surface area contributed by atoms with Gasteiger partial charge < -0.3 is 14.6 Å². The summed E-state index contributed by atoms with van der Waals surface area (Å²) in [6.45, 7) is 3.74. The molecule has 0 aliphatic carbocycles. The van der Waals surface area contributed by atoms with Crippen LogP contribution in [-0.4, -0.2) is 36.3 Å².